The lowest BCUT2D eigenvalue weighted by atomic mass is 10.2. The van der Waals surface area contributed by atoms with E-state index in [1.165, 1.54) is 25.3 Å². The molecule has 5 nitrogen and oxygen atoms in total. The Morgan fingerprint density at radius 2 is 2.20 bits per heavy atom. The molecule has 0 aliphatic rings. The second-order valence-corrected chi connectivity index (χ2v) is 3.29. The van der Waals surface area contributed by atoms with Gasteiger partial charge in [0.25, 0.3) is 5.91 Å². The molecule has 0 bridgehead atoms. The van der Waals surface area contributed by atoms with E-state index < -0.39 is 17.9 Å². The topological polar surface area (TPSA) is 79.3 Å². The fourth-order valence-corrected chi connectivity index (χ4v) is 0.964. The van der Waals surface area contributed by atoms with Crippen LogP contribution in [0, 0.1) is 0 Å². The second kappa shape index (κ2) is 4.75. The smallest absolute Gasteiger partial charge is 0.325 e. The van der Waals surface area contributed by atoms with Gasteiger partial charge in [-0.25, -0.2) is 4.98 Å². The number of pyridine rings is 1. The third-order valence-electron chi connectivity index (χ3n) is 1.71. The summed E-state index contributed by atoms with van der Waals surface area (Å²) in [6.07, 6.45) is 1.28. The number of carbonyl (C=O) groups excluding carboxylic acids is 1. The molecule has 0 aliphatic heterocycles. The summed E-state index contributed by atoms with van der Waals surface area (Å²) < 4.78 is 0. The summed E-state index contributed by atoms with van der Waals surface area (Å²) in [4.78, 5) is 25.6. The van der Waals surface area contributed by atoms with Crippen LogP contribution in [0.15, 0.2) is 18.3 Å². The number of aliphatic carboxylic acids is 1. The van der Waals surface area contributed by atoms with Gasteiger partial charge in [-0.05, 0) is 19.1 Å². The van der Waals surface area contributed by atoms with Gasteiger partial charge in [0, 0.05) is 6.20 Å². The quantitative estimate of drug-likeness (QED) is 0.755. The lowest BCUT2D eigenvalue weighted by Crippen LogP contribution is -2.38. The van der Waals surface area contributed by atoms with Gasteiger partial charge >= 0.3 is 5.97 Å². The molecule has 1 amide bonds. The average molecular weight is 229 g/mol. The first-order valence-electron chi connectivity index (χ1n) is 4.16. The molecule has 0 saturated carbocycles. The lowest BCUT2D eigenvalue weighted by molar-refractivity contribution is -0.138. The van der Waals surface area contributed by atoms with Gasteiger partial charge in [0.05, 0.1) is 5.56 Å². The van der Waals surface area contributed by atoms with Crippen LogP contribution in [0.2, 0.25) is 5.15 Å². The van der Waals surface area contributed by atoms with E-state index in [0.29, 0.717) is 0 Å². The normalized spacial score (nSPS) is 11.9. The summed E-state index contributed by atoms with van der Waals surface area (Å²) in [7, 11) is 0. The van der Waals surface area contributed by atoms with Crippen LogP contribution < -0.4 is 5.32 Å². The standard InChI is InChI=1S/C9H9ClN2O3/c1-5(9(14)15)12-8(13)6-2-3-7(10)11-4-6/h2-5H,1H3,(H,12,13)(H,14,15)/t5-/m1/s1. The minimum atomic E-state index is -1.09. The molecule has 1 aromatic heterocycles. The lowest BCUT2D eigenvalue weighted by Gasteiger charge is -2.08. The first kappa shape index (κ1) is 11.5. The highest BCUT2D eigenvalue weighted by Crippen LogP contribution is 2.05. The van der Waals surface area contributed by atoms with Gasteiger partial charge in [-0.3, -0.25) is 9.59 Å². The Hall–Kier alpha value is -1.62. The zero-order valence-corrected chi connectivity index (χ0v) is 8.65. The number of hydrogen-bond acceptors (Lipinski definition) is 3. The van der Waals surface area contributed by atoms with E-state index in [9.17, 15) is 9.59 Å². The summed E-state index contributed by atoms with van der Waals surface area (Å²) in [6, 6.07) is 1.99. The zero-order valence-electron chi connectivity index (χ0n) is 7.90. The number of nitrogens with zero attached hydrogens (tertiary/aromatic N) is 1. The van der Waals surface area contributed by atoms with Gasteiger partial charge < -0.3 is 10.4 Å². The van der Waals surface area contributed by atoms with Crippen LogP contribution in [0.3, 0.4) is 0 Å². The average Bonchev–Trinajstić information content (AvgIpc) is 2.18. The molecular formula is C9H9ClN2O3. The molecule has 0 aliphatic carbocycles. The van der Waals surface area contributed by atoms with E-state index in [-0.39, 0.29) is 10.7 Å². The van der Waals surface area contributed by atoms with Crippen LogP contribution in [-0.2, 0) is 4.79 Å². The van der Waals surface area contributed by atoms with Crippen LogP contribution >= 0.6 is 11.6 Å². The largest absolute Gasteiger partial charge is 0.480 e. The molecule has 1 rings (SSSR count). The maximum Gasteiger partial charge on any atom is 0.325 e. The summed E-state index contributed by atoms with van der Waals surface area (Å²) in [6.45, 7) is 1.38. The van der Waals surface area contributed by atoms with E-state index >= 15 is 0 Å². The highest BCUT2D eigenvalue weighted by Gasteiger charge is 2.15. The summed E-state index contributed by atoms with van der Waals surface area (Å²) in [5, 5.41) is 11.1. The van der Waals surface area contributed by atoms with E-state index in [2.05, 4.69) is 10.3 Å². The fraction of sp³-hybridized carbons (Fsp3) is 0.222. The number of carboxylic acids is 1. The molecule has 0 aromatic carbocycles. The van der Waals surface area contributed by atoms with E-state index in [1.54, 1.807) is 0 Å². The van der Waals surface area contributed by atoms with Crippen LogP contribution in [0.25, 0.3) is 0 Å². The number of carboxylic acid groups (broad SMARTS) is 1. The number of hydrogen-bond donors (Lipinski definition) is 2. The van der Waals surface area contributed by atoms with Crippen molar-refractivity contribution < 1.29 is 14.7 Å². The fourth-order valence-electron chi connectivity index (χ4n) is 0.852. The second-order valence-electron chi connectivity index (χ2n) is 2.90. The molecule has 0 radical (unpaired) electrons. The van der Waals surface area contributed by atoms with Crippen molar-refractivity contribution in [2.24, 2.45) is 0 Å². The van der Waals surface area contributed by atoms with Gasteiger partial charge in [-0.15, -0.1) is 0 Å². The van der Waals surface area contributed by atoms with Crippen LogP contribution in [0.1, 0.15) is 17.3 Å². The Morgan fingerprint density at radius 3 is 2.67 bits per heavy atom. The molecule has 0 unspecified atom stereocenters. The molecule has 0 saturated heterocycles. The van der Waals surface area contributed by atoms with Crippen molar-refractivity contribution in [3.05, 3.63) is 29.0 Å². The Kier molecular flexibility index (Phi) is 3.62. The molecule has 6 heteroatoms. The number of aromatic nitrogens is 1. The molecule has 0 fully saturated rings. The Bertz CT molecular complexity index is 377. The Labute approximate surface area is 91.1 Å². The molecule has 1 heterocycles. The van der Waals surface area contributed by atoms with E-state index in [0.717, 1.165) is 0 Å². The highest BCUT2D eigenvalue weighted by molar-refractivity contribution is 6.29. The van der Waals surface area contributed by atoms with Crippen LogP contribution in [0.4, 0.5) is 0 Å². The molecule has 2 N–H and O–H groups in total. The maximum absolute atomic E-state index is 11.4. The summed E-state index contributed by atoms with van der Waals surface area (Å²) in [5.74, 6) is -1.58. The van der Waals surface area contributed by atoms with Gasteiger partial charge in [0.2, 0.25) is 0 Å². The third-order valence-corrected chi connectivity index (χ3v) is 1.93. The van der Waals surface area contributed by atoms with Crippen molar-refractivity contribution in [1.82, 2.24) is 10.3 Å². The molecule has 1 atom stereocenters. The SMILES string of the molecule is C[C@@H](NC(=O)c1ccc(Cl)nc1)C(=O)O. The number of rotatable bonds is 3. The van der Waals surface area contributed by atoms with E-state index in [4.69, 9.17) is 16.7 Å². The molecule has 0 spiro atoms. The Morgan fingerprint density at radius 1 is 1.53 bits per heavy atom. The van der Waals surface area contributed by atoms with Crippen molar-refractivity contribution in [2.45, 2.75) is 13.0 Å². The zero-order chi connectivity index (χ0) is 11.4. The number of carbonyl (C=O) groups is 2. The molecule has 15 heavy (non-hydrogen) atoms. The van der Waals surface area contributed by atoms with Crippen molar-refractivity contribution in [2.75, 3.05) is 0 Å². The maximum atomic E-state index is 11.4. The minimum absolute atomic E-state index is 0.271. The predicted octanol–water partition coefficient (Wildman–Crippen LogP) is 0.938. The van der Waals surface area contributed by atoms with Gasteiger partial charge in [-0.1, -0.05) is 11.6 Å². The Balaban J connectivity index is 2.69. The van der Waals surface area contributed by atoms with Crippen molar-refractivity contribution >= 4 is 23.5 Å². The monoisotopic (exact) mass is 228 g/mol. The van der Waals surface area contributed by atoms with Gasteiger partial charge in [0.1, 0.15) is 11.2 Å². The van der Waals surface area contributed by atoms with Crippen molar-refractivity contribution in [1.29, 1.82) is 0 Å². The molecule has 1 aromatic rings. The first-order valence-corrected chi connectivity index (χ1v) is 4.53. The highest BCUT2D eigenvalue weighted by atomic mass is 35.5. The molecule has 80 valence electrons. The summed E-state index contributed by atoms with van der Waals surface area (Å²) >= 11 is 5.54. The predicted molar refractivity (Wildman–Crippen MR) is 53.8 cm³/mol. The van der Waals surface area contributed by atoms with Crippen molar-refractivity contribution in [3.63, 3.8) is 0 Å². The number of nitrogens with one attached hydrogen (secondary N) is 1. The van der Waals surface area contributed by atoms with Crippen molar-refractivity contribution in [3.8, 4) is 0 Å². The van der Waals surface area contributed by atoms with Gasteiger partial charge in [-0.2, -0.15) is 0 Å². The van der Waals surface area contributed by atoms with Crippen LogP contribution in [0.5, 0.6) is 0 Å². The third kappa shape index (κ3) is 3.21. The van der Waals surface area contributed by atoms with E-state index in [1.807, 2.05) is 0 Å². The molecular weight excluding hydrogens is 220 g/mol. The summed E-state index contributed by atoms with van der Waals surface area (Å²) in [5.41, 5.74) is 0.271. The van der Waals surface area contributed by atoms with Crippen LogP contribution in [-0.4, -0.2) is 28.0 Å². The minimum Gasteiger partial charge on any atom is -0.480 e. The van der Waals surface area contributed by atoms with Gasteiger partial charge in [0.15, 0.2) is 0 Å². The first-order chi connectivity index (χ1) is 7.00. The number of halogens is 1. The number of amides is 1.